The maximum atomic E-state index is 12.2. The zero-order valence-electron chi connectivity index (χ0n) is 11.0. The van der Waals surface area contributed by atoms with Crippen LogP contribution in [0, 0.1) is 0 Å². The summed E-state index contributed by atoms with van der Waals surface area (Å²) in [6.45, 7) is 0.640. The van der Waals surface area contributed by atoms with E-state index in [2.05, 4.69) is 10.3 Å². The van der Waals surface area contributed by atoms with Gasteiger partial charge in [-0.3, -0.25) is 0 Å². The first kappa shape index (κ1) is 13.8. The predicted molar refractivity (Wildman–Crippen MR) is 77.6 cm³/mol. The van der Waals surface area contributed by atoms with Gasteiger partial charge in [-0.05, 0) is 18.2 Å². The van der Waals surface area contributed by atoms with Crippen LogP contribution in [0.3, 0.4) is 0 Å². The van der Waals surface area contributed by atoms with E-state index in [-0.39, 0.29) is 19.2 Å². The average molecular weight is 307 g/mol. The van der Waals surface area contributed by atoms with Crippen LogP contribution in [0.15, 0.2) is 23.7 Å². The van der Waals surface area contributed by atoms with Crippen molar-refractivity contribution in [1.29, 1.82) is 0 Å². The van der Waals surface area contributed by atoms with Gasteiger partial charge in [0, 0.05) is 12.2 Å². The maximum absolute atomic E-state index is 12.2. The number of hydrogen-bond donors (Lipinski definition) is 2. The van der Waals surface area contributed by atoms with E-state index in [4.69, 9.17) is 9.84 Å². The van der Waals surface area contributed by atoms with Crippen LogP contribution in [-0.2, 0) is 9.53 Å². The van der Waals surface area contributed by atoms with Gasteiger partial charge in [-0.25, -0.2) is 14.6 Å². The summed E-state index contributed by atoms with van der Waals surface area (Å²) < 4.78 is 6.07. The summed E-state index contributed by atoms with van der Waals surface area (Å²) in [6.07, 6.45) is -0.964. The molecule has 21 heavy (non-hydrogen) atoms. The van der Waals surface area contributed by atoms with Gasteiger partial charge in [0.15, 0.2) is 6.10 Å². The number of aromatic nitrogens is 1. The van der Waals surface area contributed by atoms with Gasteiger partial charge < -0.3 is 20.1 Å². The third kappa shape index (κ3) is 2.96. The minimum Gasteiger partial charge on any atom is -0.479 e. The molecule has 7 nitrogen and oxygen atoms in total. The Morgan fingerprint density at radius 3 is 3.14 bits per heavy atom. The molecular formula is C13H13N3O4S. The summed E-state index contributed by atoms with van der Waals surface area (Å²) in [5, 5.41) is 11.7. The number of carboxylic acids is 1. The van der Waals surface area contributed by atoms with Gasteiger partial charge in [-0.1, -0.05) is 0 Å². The molecule has 1 unspecified atom stereocenters. The predicted octanol–water partition coefficient (Wildman–Crippen LogP) is 1.61. The number of thiazole rings is 1. The molecule has 1 aliphatic rings. The lowest BCUT2D eigenvalue weighted by atomic mass is 10.2. The van der Waals surface area contributed by atoms with Crippen molar-refractivity contribution < 1.29 is 19.4 Å². The number of hydrogen-bond acceptors (Lipinski definition) is 5. The number of ether oxygens (including phenoxy) is 1. The Kier molecular flexibility index (Phi) is 3.72. The van der Waals surface area contributed by atoms with Crippen LogP contribution in [-0.4, -0.2) is 52.8 Å². The summed E-state index contributed by atoms with van der Waals surface area (Å²) in [4.78, 5) is 28.7. The number of anilines is 1. The quantitative estimate of drug-likeness (QED) is 0.879. The number of amides is 2. The molecule has 0 bridgehead atoms. The largest absolute Gasteiger partial charge is 0.479 e. The van der Waals surface area contributed by atoms with E-state index in [0.717, 1.165) is 10.2 Å². The number of rotatable bonds is 2. The van der Waals surface area contributed by atoms with Crippen molar-refractivity contribution in [2.24, 2.45) is 0 Å². The normalized spacial score (nSPS) is 18.7. The fourth-order valence-corrected chi connectivity index (χ4v) is 2.83. The molecule has 0 radical (unpaired) electrons. The summed E-state index contributed by atoms with van der Waals surface area (Å²) in [5.74, 6) is -1.06. The number of fused-ring (bicyclic) bond motifs is 1. The molecule has 2 N–H and O–H groups in total. The van der Waals surface area contributed by atoms with E-state index in [1.807, 2.05) is 12.1 Å². The number of nitrogens with zero attached hydrogens (tertiary/aromatic N) is 2. The second-order valence-electron chi connectivity index (χ2n) is 4.61. The number of carbonyl (C=O) groups excluding carboxylic acids is 1. The van der Waals surface area contributed by atoms with E-state index in [1.165, 1.54) is 16.2 Å². The second-order valence-corrected chi connectivity index (χ2v) is 5.50. The zero-order chi connectivity index (χ0) is 14.8. The first-order chi connectivity index (χ1) is 10.1. The van der Waals surface area contributed by atoms with Crippen LogP contribution < -0.4 is 5.32 Å². The molecule has 3 rings (SSSR count). The molecule has 2 amide bonds. The Morgan fingerprint density at radius 2 is 2.33 bits per heavy atom. The maximum Gasteiger partial charge on any atom is 0.334 e. The molecule has 110 valence electrons. The Bertz CT molecular complexity index is 687. The lowest BCUT2D eigenvalue weighted by Crippen LogP contribution is -2.49. The molecule has 1 saturated heterocycles. The van der Waals surface area contributed by atoms with E-state index in [9.17, 15) is 9.59 Å². The molecule has 2 aromatic rings. The monoisotopic (exact) mass is 307 g/mol. The Hall–Kier alpha value is -2.19. The van der Waals surface area contributed by atoms with Crippen molar-refractivity contribution in [2.45, 2.75) is 6.10 Å². The van der Waals surface area contributed by atoms with Gasteiger partial charge >= 0.3 is 12.0 Å². The molecule has 1 atom stereocenters. The van der Waals surface area contributed by atoms with Crippen LogP contribution in [0.2, 0.25) is 0 Å². The number of aliphatic carboxylic acids is 1. The lowest BCUT2D eigenvalue weighted by molar-refractivity contribution is -0.154. The second kappa shape index (κ2) is 5.66. The number of morpholine rings is 1. The molecule has 1 aromatic carbocycles. The van der Waals surface area contributed by atoms with Gasteiger partial charge in [-0.2, -0.15) is 0 Å². The third-order valence-corrected chi connectivity index (χ3v) is 4.00. The highest BCUT2D eigenvalue weighted by Crippen LogP contribution is 2.22. The zero-order valence-corrected chi connectivity index (χ0v) is 11.8. The summed E-state index contributed by atoms with van der Waals surface area (Å²) in [7, 11) is 0. The molecule has 1 aromatic heterocycles. The van der Waals surface area contributed by atoms with Gasteiger partial charge in [0.1, 0.15) is 0 Å². The van der Waals surface area contributed by atoms with E-state index in [0.29, 0.717) is 12.2 Å². The lowest BCUT2D eigenvalue weighted by Gasteiger charge is -2.30. The van der Waals surface area contributed by atoms with Gasteiger partial charge in [0.05, 0.1) is 28.9 Å². The number of carboxylic acid groups (broad SMARTS) is 1. The molecule has 0 saturated carbocycles. The number of carbonyl (C=O) groups is 2. The highest BCUT2D eigenvalue weighted by molar-refractivity contribution is 7.16. The van der Waals surface area contributed by atoms with Crippen LogP contribution >= 0.6 is 11.3 Å². The van der Waals surface area contributed by atoms with E-state index >= 15 is 0 Å². The summed E-state index contributed by atoms with van der Waals surface area (Å²) in [6, 6.07) is 5.13. The number of benzene rings is 1. The molecule has 2 heterocycles. The third-order valence-electron chi connectivity index (χ3n) is 3.21. The summed E-state index contributed by atoms with van der Waals surface area (Å²) in [5.41, 5.74) is 3.29. The summed E-state index contributed by atoms with van der Waals surface area (Å²) >= 11 is 1.49. The molecular weight excluding hydrogens is 294 g/mol. The number of nitrogens with one attached hydrogen (secondary N) is 1. The van der Waals surface area contributed by atoms with Crippen molar-refractivity contribution in [3.63, 3.8) is 0 Å². The van der Waals surface area contributed by atoms with Gasteiger partial charge in [0.2, 0.25) is 0 Å². The van der Waals surface area contributed by atoms with Crippen molar-refractivity contribution in [1.82, 2.24) is 9.88 Å². The van der Waals surface area contributed by atoms with E-state index in [1.54, 1.807) is 11.6 Å². The van der Waals surface area contributed by atoms with Crippen molar-refractivity contribution >= 4 is 39.2 Å². The Balaban J connectivity index is 1.69. The standard InChI is InChI=1S/C13H13N3O4S/c17-12(18)10-6-16(3-4-20-10)13(19)15-8-1-2-9-11(5-8)21-7-14-9/h1-2,5,7,10H,3-4,6H2,(H,15,19)(H,17,18). The molecule has 1 fully saturated rings. The smallest absolute Gasteiger partial charge is 0.334 e. The van der Waals surface area contributed by atoms with Crippen LogP contribution in [0.1, 0.15) is 0 Å². The first-order valence-corrected chi connectivity index (χ1v) is 7.25. The highest BCUT2D eigenvalue weighted by atomic mass is 32.1. The molecule has 0 spiro atoms. The topological polar surface area (TPSA) is 91.8 Å². The van der Waals surface area contributed by atoms with Crippen molar-refractivity contribution in [3.8, 4) is 0 Å². The van der Waals surface area contributed by atoms with Gasteiger partial charge in [-0.15, -0.1) is 11.3 Å². The average Bonchev–Trinajstić information content (AvgIpc) is 2.95. The van der Waals surface area contributed by atoms with Crippen LogP contribution in [0.25, 0.3) is 10.2 Å². The van der Waals surface area contributed by atoms with Gasteiger partial charge in [0.25, 0.3) is 0 Å². The highest BCUT2D eigenvalue weighted by Gasteiger charge is 2.28. The minimum absolute atomic E-state index is 0.0456. The number of urea groups is 1. The Labute approximate surface area is 124 Å². The van der Waals surface area contributed by atoms with Crippen molar-refractivity contribution in [3.05, 3.63) is 23.7 Å². The molecule has 0 aliphatic carbocycles. The van der Waals surface area contributed by atoms with E-state index < -0.39 is 12.1 Å². The fourth-order valence-electron chi connectivity index (χ4n) is 2.12. The fraction of sp³-hybridized carbons (Fsp3) is 0.308. The Morgan fingerprint density at radius 1 is 1.48 bits per heavy atom. The minimum atomic E-state index is -1.06. The molecule has 1 aliphatic heterocycles. The molecule has 8 heteroatoms. The SMILES string of the molecule is O=C(O)C1CN(C(=O)Nc2ccc3ncsc3c2)CCO1. The van der Waals surface area contributed by atoms with Crippen molar-refractivity contribution in [2.75, 3.05) is 25.0 Å². The van der Waals surface area contributed by atoms with Crippen LogP contribution in [0.4, 0.5) is 10.5 Å². The first-order valence-electron chi connectivity index (χ1n) is 6.37. The van der Waals surface area contributed by atoms with Crippen LogP contribution in [0.5, 0.6) is 0 Å².